The SMILES string of the molecule is COc1ccc(-c2ccc(/C=C3/SC(=Nc4ccc(C)c(C)c4)NC3=O)o2)c([N+](=O)[O-])c1. The summed E-state index contributed by atoms with van der Waals surface area (Å²) in [5.41, 5.74) is 3.23. The zero-order valence-corrected chi connectivity index (χ0v) is 18.4. The zero-order chi connectivity index (χ0) is 22.8. The summed E-state index contributed by atoms with van der Waals surface area (Å²) in [6, 6.07) is 13.6. The molecule has 1 aliphatic heterocycles. The summed E-state index contributed by atoms with van der Waals surface area (Å²) in [7, 11) is 1.44. The van der Waals surface area contributed by atoms with Gasteiger partial charge in [-0.25, -0.2) is 4.99 Å². The van der Waals surface area contributed by atoms with Crippen LogP contribution in [0.25, 0.3) is 17.4 Å². The van der Waals surface area contributed by atoms with Crippen molar-refractivity contribution in [2.75, 3.05) is 7.11 Å². The lowest BCUT2D eigenvalue weighted by Crippen LogP contribution is -2.19. The predicted molar refractivity (Wildman–Crippen MR) is 124 cm³/mol. The normalized spacial score (nSPS) is 15.9. The third-order valence-corrected chi connectivity index (χ3v) is 5.85. The first-order valence-corrected chi connectivity index (χ1v) is 10.4. The standard InChI is InChI=1S/C23H19N3O5S/c1-13-4-5-15(10-14(13)2)24-23-25-22(27)21(32-23)12-17-7-9-20(31-17)18-8-6-16(30-3)11-19(18)26(28)29/h4-12H,1-3H3,(H,24,25,27)/b21-12+. The van der Waals surface area contributed by atoms with E-state index in [0.717, 1.165) is 11.3 Å². The highest BCUT2D eigenvalue weighted by Crippen LogP contribution is 2.35. The van der Waals surface area contributed by atoms with E-state index in [0.29, 0.717) is 32.9 Å². The average Bonchev–Trinajstić information content (AvgIpc) is 3.37. The number of benzene rings is 2. The van der Waals surface area contributed by atoms with E-state index >= 15 is 0 Å². The van der Waals surface area contributed by atoms with Crippen LogP contribution < -0.4 is 10.1 Å². The quantitative estimate of drug-likeness (QED) is 0.319. The number of nitro groups is 1. The van der Waals surface area contributed by atoms with Gasteiger partial charge in [-0.3, -0.25) is 14.9 Å². The molecule has 0 aliphatic carbocycles. The third kappa shape index (κ3) is 4.42. The van der Waals surface area contributed by atoms with Gasteiger partial charge >= 0.3 is 0 Å². The van der Waals surface area contributed by atoms with Gasteiger partial charge in [0.1, 0.15) is 17.3 Å². The molecular weight excluding hydrogens is 430 g/mol. The second kappa shape index (κ2) is 8.72. The van der Waals surface area contributed by atoms with Crippen LogP contribution in [0.3, 0.4) is 0 Å². The lowest BCUT2D eigenvalue weighted by molar-refractivity contribution is -0.384. The topological polar surface area (TPSA) is 107 Å². The van der Waals surface area contributed by atoms with E-state index in [2.05, 4.69) is 10.3 Å². The fourth-order valence-electron chi connectivity index (χ4n) is 3.10. The number of furan rings is 1. The van der Waals surface area contributed by atoms with E-state index < -0.39 is 4.92 Å². The maximum atomic E-state index is 12.4. The molecule has 1 amide bonds. The van der Waals surface area contributed by atoms with E-state index in [9.17, 15) is 14.9 Å². The van der Waals surface area contributed by atoms with Crippen LogP contribution in [0.1, 0.15) is 16.9 Å². The number of amides is 1. The molecule has 1 aliphatic rings. The Bertz CT molecular complexity index is 1290. The van der Waals surface area contributed by atoms with Gasteiger partial charge < -0.3 is 14.5 Å². The Hall–Kier alpha value is -3.85. The number of nitrogens with one attached hydrogen (secondary N) is 1. The van der Waals surface area contributed by atoms with Crippen molar-refractivity contribution in [1.82, 2.24) is 5.32 Å². The summed E-state index contributed by atoms with van der Waals surface area (Å²) < 4.78 is 10.8. The molecule has 9 heteroatoms. The van der Waals surface area contributed by atoms with Crippen LogP contribution in [0.15, 0.2) is 62.8 Å². The van der Waals surface area contributed by atoms with Crippen LogP contribution in [0.4, 0.5) is 11.4 Å². The number of hydrogen-bond acceptors (Lipinski definition) is 7. The molecule has 2 heterocycles. The van der Waals surface area contributed by atoms with E-state index in [1.165, 1.54) is 30.5 Å². The van der Waals surface area contributed by atoms with Gasteiger partial charge in [0.25, 0.3) is 11.6 Å². The molecule has 3 aromatic rings. The molecular formula is C23H19N3O5S. The van der Waals surface area contributed by atoms with Crippen molar-refractivity contribution >= 4 is 40.3 Å². The van der Waals surface area contributed by atoms with Crippen molar-refractivity contribution < 1.29 is 18.9 Å². The molecule has 1 fully saturated rings. The molecule has 0 bridgehead atoms. The average molecular weight is 449 g/mol. The molecule has 0 saturated carbocycles. The molecule has 0 spiro atoms. The molecule has 0 radical (unpaired) electrons. The number of aryl methyl sites for hydroxylation is 2. The minimum absolute atomic E-state index is 0.131. The molecule has 1 aromatic heterocycles. The number of hydrogen-bond donors (Lipinski definition) is 1. The van der Waals surface area contributed by atoms with Crippen LogP contribution in [0, 0.1) is 24.0 Å². The number of amidine groups is 1. The van der Waals surface area contributed by atoms with Crippen LogP contribution >= 0.6 is 11.8 Å². The number of nitrogens with zero attached hydrogens (tertiary/aromatic N) is 2. The number of aliphatic imine (C=N–C) groups is 1. The Morgan fingerprint density at radius 1 is 1.12 bits per heavy atom. The Morgan fingerprint density at radius 2 is 1.94 bits per heavy atom. The smallest absolute Gasteiger partial charge is 0.284 e. The number of thioether (sulfide) groups is 1. The van der Waals surface area contributed by atoms with Crippen molar-refractivity contribution in [1.29, 1.82) is 0 Å². The fourth-order valence-corrected chi connectivity index (χ4v) is 3.92. The minimum Gasteiger partial charge on any atom is -0.497 e. The van der Waals surface area contributed by atoms with E-state index in [1.54, 1.807) is 30.3 Å². The number of methoxy groups -OCH3 is 1. The molecule has 0 atom stereocenters. The molecule has 8 nitrogen and oxygen atoms in total. The van der Waals surface area contributed by atoms with Crippen molar-refractivity contribution in [2.24, 2.45) is 4.99 Å². The molecule has 1 saturated heterocycles. The highest BCUT2D eigenvalue weighted by atomic mass is 32.2. The number of rotatable bonds is 5. The molecule has 162 valence electrons. The van der Waals surface area contributed by atoms with Crippen LogP contribution in [-0.2, 0) is 4.79 Å². The van der Waals surface area contributed by atoms with Crippen molar-refractivity contribution in [3.05, 3.63) is 80.4 Å². The summed E-state index contributed by atoms with van der Waals surface area (Å²) >= 11 is 1.20. The highest BCUT2D eigenvalue weighted by Gasteiger charge is 2.25. The monoisotopic (exact) mass is 449 g/mol. The Labute approximate surface area is 188 Å². The number of ether oxygens (including phenoxy) is 1. The number of nitro benzene ring substituents is 1. The third-order valence-electron chi connectivity index (χ3n) is 4.94. The lowest BCUT2D eigenvalue weighted by atomic mass is 10.1. The lowest BCUT2D eigenvalue weighted by Gasteiger charge is -2.03. The summed E-state index contributed by atoms with van der Waals surface area (Å²) in [4.78, 5) is 28.2. The van der Waals surface area contributed by atoms with Gasteiger partial charge in [0.2, 0.25) is 0 Å². The highest BCUT2D eigenvalue weighted by molar-refractivity contribution is 8.18. The fraction of sp³-hybridized carbons (Fsp3) is 0.130. The summed E-state index contributed by atoms with van der Waals surface area (Å²) in [6.07, 6.45) is 1.59. The summed E-state index contributed by atoms with van der Waals surface area (Å²) in [5.74, 6) is 0.809. The maximum absolute atomic E-state index is 12.4. The van der Waals surface area contributed by atoms with Crippen molar-refractivity contribution in [3.8, 4) is 17.1 Å². The molecule has 2 aromatic carbocycles. The van der Waals surface area contributed by atoms with Crippen molar-refractivity contribution in [3.63, 3.8) is 0 Å². The first-order valence-electron chi connectivity index (χ1n) is 9.63. The van der Waals surface area contributed by atoms with E-state index in [-0.39, 0.29) is 11.6 Å². The Balaban J connectivity index is 1.58. The zero-order valence-electron chi connectivity index (χ0n) is 17.5. The van der Waals surface area contributed by atoms with Gasteiger partial charge in [0.05, 0.1) is 34.3 Å². The first kappa shape index (κ1) is 21.4. The predicted octanol–water partition coefficient (Wildman–Crippen LogP) is 5.37. The number of carbonyl (C=O) groups excluding carboxylic acids is 1. The van der Waals surface area contributed by atoms with Crippen molar-refractivity contribution in [2.45, 2.75) is 13.8 Å². The first-order chi connectivity index (χ1) is 15.3. The molecule has 32 heavy (non-hydrogen) atoms. The Kier molecular flexibility index (Phi) is 5.83. The van der Waals surface area contributed by atoms with Crippen LogP contribution in [-0.4, -0.2) is 23.1 Å². The van der Waals surface area contributed by atoms with E-state index in [1.807, 2.05) is 32.0 Å². The maximum Gasteiger partial charge on any atom is 0.284 e. The largest absolute Gasteiger partial charge is 0.497 e. The second-order valence-corrected chi connectivity index (χ2v) is 8.12. The van der Waals surface area contributed by atoms with Crippen LogP contribution in [0.5, 0.6) is 5.75 Å². The summed E-state index contributed by atoms with van der Waals surface area (Å²) in [5, 5.41) is 14.7. The van der Waals surface area contributed by atoms with Gasteiger partial charge in [-0.2, -0.15) is 0 Å². The van der Waals surface area contributed by atoms with E-state index in [4.69, 9.17) is 9.15 Å². The molecule has 0 unspecified atom stereocenters. The van der Waals surface area contributed by atoms with Gasteiger partial charge in [-0.05, 0) is 73.1 Å². The second-order valence-electron chi connectivity index (χ2n) is 7.09. The van der Waals surface area contributed by atoms with Gasteiger partial charge in [-0.15, -0.1) is 0 Å². The molecule has 4 rings (SSSR count). The Morgan fingerprint density at radius 3 is 2.66 bits per heavy atom. The molecule has 1 N–H and O–H groups in total. The van der Waals surface area contributed by atoms with Crippen LogP contribution in [0.2, 0.25) is 0 Å². The summed E-state index contributed by atoms with van der Waals surface area (Å²) in [6.45, 7) is 4.03. The number of carbonyl (C=O) groups is 1. The van der Waals surface area contributed by atoms with Gasteiger partial charge in [0, 0.05) is 6.08 Å². The van der Waals surface area contributed by atoms with Gasteiger partial charge in [0.15, 0.2) is 5.17 Å². The minimum atomic E-state index is -0.492. The van der Waals surface area contributed by atoms with Gasteiger partial charge in [-0.1, -0.05) is 6.07 Å².